The Morgan fingerprint density at radius 1 is 0.783 bits per heavy atom. The lowest BCUT2D eigenvalue weighted by Crippen LogP contribution is -2.59. The number of piperidine rings is 1. The lowest BCUT2D eigenvalue weighted by Gasteiger charge is -2.45. The first kappa shape index (κ1) is 31.6. The van der Waals surface area contributed by atoms with E-state index >= 15 is 0 Å². The molecule has 1 fully saturated rings. The van der Waals surface area contributed by atoms with Crippen LogP contribution in [0.3, 0.4) is 0 Å². The van der Waals surface area contributed by atoms with Crippen LogP contribution < -0.4 is 16.0 Å². The Morgan fingerprint density at radius 3 is 1.93 bits per heavy atom. The fourth-order valence-corrected chi connectivity index (χ4v) is 6.58. The maximum atomic E-state index is 13.4. The number of rotatable bonds is 4. The highest BCUT2D eigenvalue weighted by molar-refractivity contribution is 5.84. The van der Waals surface area contributed by atoms with Crippen molar-refractivity contribution in [2.45, 2.75) is 70.0 Å². The highest BCUT2D eigenvalue weighted by Crippen LogP contribution is 2.35. The van der Waals surface area contributed by atoms with Gasteiger partial charge in [0.05, 0.1) is 50.6 Å². The molecule has 0 aromatic heterocycles. The third kappa shape index (κ3) is 6.60. The normalized spacial score (nSPS) is 17.5. The number of hydrogen-bond donors (Lipinski definition) is 2. The molecule has 0 amide bonds. The van der Waals surface area contributed by atoms with Gasteiger partial charge in [-0.25, -0.2) is 4.98 Å². The average molecular weight is 638 g/mol. The number of para-hydroxylation sites is 2. The molecular formula is C35H33F6N5. The summed E-state index contributed by atoms with van der Waals surface area (Å²) in [7, 11) is 0. The van der Waals surface area contributed by atoms with Gasteiger partial charge >= 0.3 is 12.4 Å². The van der Waals surface area contributed by atoms with E-state index in [0.717, 1.165) is 37.1 Å². The molecule has 2 heterocycles. The largest absolute Gasteiger partial charge is 0.416 e. The summed E-state index contributed by atoms with van der Waals surface area (Å²) >= 11 is 0. The second-order valence-corrected chi connectivity index (χ2v) is 13.1. The molecule has 2 N–H and O–H groups in total. The smallest absolute Gasteiger partial charge is 0.354 e. The SMILES string of the molecule is CC1(C)CC(N=c2cc3n(-c4ccc(C(F)(F)F)cc4)c4ccccc4nc-3cc2Nc2ccc(C(F)(F)F)cc2)CC(C)(C)N1. The van der Waals surface area contributed by atoms with Crippen molar-refractivity contribution in [3.63, 3.8) is 0 Å². The van der Waals surface area contributed by atoms with Crippen LogP contribution in [0, 0.1) is 0 Å². The van der Waals surface area contributed by atoms with Crippen molar-refractivity contribution in [1.82, 2.24) is 14.9 Å². The molecule has 5 nitrogen and oxygen atoms in total. The first-order chi connectivity index (χ1) is 21.5. The van der Waals surface area contributed by atoms with E-state index < -0.39 is 23.5 Å². The minimum Gasteiger partial charge on any atom is -0.354 e. The van der Waals surface area contributed by atoms with E-state index in [1.54, 1.807) is 6.07 Å². The van der Waals surface area contributed by atoms with Crippen molar-refractivity contribution >= 4 is 22.4 Å². The Bertz CT molecular complexity index is 1900. The summed E-state index contributed by atoms with van der Waals surface area (Å²) in [6.07, 6.45) is -7.47. The molecule has 0 atom stereocenters. The molecule has 1 saturated heterocycles. The lowest BCUT2D eigenvalue weighted by atomic mass is 9.80. The number of anilines is 2. The third-order valence-corrected chi connectivity index (χ3v) is 8.13. The average Bonchev–Trinajstić information content (AvgIpc) is 2.94. The Labute approximate surface area is 262 Å². The van der Waals surface area contributed by atoms with Crippen LogP contribution in [0.1, 0.15) is 51.7 Å². The maximum absolute atomic E-state index is 13.4. The van der Waals surface area contributed by atoms with Gasteiger partial charge in [0.15, 0.2) is 0 Å². The Kier molecular flexibility index (Phi) is 7.66. The standard InChI is InChI=1S/C35H33F6N5/c1-32(2)19-24(20-33(3,4)45-32)43-28-18-31-29(17-27(28)42-23-13-9-21(10-14-23)34(36,37)38)44-26-7-5-6-8-30(26)46(31)25-15-11-22(12-16-25)35(39,40)41/h5-18,24,42,45H,19-20H2,1-4H3. The molecular weight excluding hydrogens is 604 g/mol. The van der Waals surface area contributed by atoms with E-state index in [2.05, 4.69) is 38.3 Å². The zero-order valence-electron chi connectivity index (χ0n) is 25.7. The number of benzene rings is 4. The number of nitrogens with one attached hydrogen (secondary N) is 2. The molecule has 6 rings (SSSR count). The maximum Gasteiger partial charge on any atom is 0.416 e. The van der Waals surface area contributed by atoms with E-state index in [1.165, 1.54) is 24.3 Å². The molecule has 0 spiro atoms. The highest BCUT2D eigenvalue weighted by atomic mass is 19.4. The zero-order chi connectivity index (χ0) is 33.1. The highest BCUT2D eigenvalue weighted by Gasteiger charge is 2.37. The molecule has 240 valence electrons. The summed E-state index contributed by atoms with van der Waals surface area (Å²) in [6.45, 7) is 8.47. The Morgan fingerprint density at radius 2 is 1.35 bits per heavy atom. The quantitative estimate of drug-likeness (QED) is 0.153. The molecule has 3 aromatic carbocycles. The number of hydrogen-bond acceptors (Lipinski definition) is 4. The predicted octanol–water partition coefficient (Wildman–Crippen LogP) is 9.12. The van der Waals surface area contributed by atoms with Gasteiger partial charge in [-0.2, -0.15) is 26.3 Å². The van der Waals surface area contributed by atoms with Crippen LogP contribution in [-0.2, 0) is 12.4 Å². The van der Waals surface area contributed by atoms with Crippen LogP contribution in [-0.4, -0.2) is 26.7 Å². The van der Waals surface area contributed by atoms with Crippen LogP contribution in [0.4, 0.5) is 37.7 Å². The van der Waals surface area contributed by atoms with E-state index in [-0.39, 0.29) is 17.1 Å². The van der Waals surface area contributed by atoms with Gasteiger partial charge in [-0.05, 0) is 113 Å². The van der Waals surface area contributed by atoms with Gasteiger partial charge in [0.2, 0.25) is 0 Å². The van der Waals surface area contributed by atoms with Gasteiger partial charge in [-0.1, -0.05) is 12.1 Å². The first-order valence-corrected chi connectivity index (χ1v) is 14.9. The fourth-order valence-electron chi connectivity index (χ4n) is 6.58. The number of nitrogens with zero attached hydrogens (tertiary/aromatic N) is 3. The van der Waals surface area contributed by atoms with Crippen molar-refractivity contribution in [2.75, 3.05) is 5.32 Å². The monoisotopic (exact) mass is 637 g/mol. The van der Waals surface area contributed by atoms with E-state index in [9.17, 15) is 26.3 Å². The van der Waals surface area contributed by atoms with Crippen molar-refractivity contribution in [3.05, 3.63) is 101 Å². The van der Waals surface area contributed by atoms with Crippen LogP contribution >= 0.6 is 0 Å². The van der Waals surface area contributed by atoms with Crippen LogP contribution in [0.25, 0.3) is 28.1 Å². The van der Waals surface area contributed by atoms with Gasteiger partial charge in [0.1, 0.15) is 0 Å². The summed E-state index contributed by atoms with van der Waals surface area (Å²) in [4.78, 5) is 10.1. The minimum absolute atomic E-state index is 0.0928. The molecule has 2 aliphatic heterocycles. The molecule has 3 aliphatic rings. The van der Waals surface area contributed by atoms with Gasteiger partial charge in [0.25, 0.3) is 0 Å². The molecule has 0 radical (unpaired) electrons. The van der Waals surface area contributed by atoms with Crippen molar-refractivity contribution in [2.24, 2.45) is 4.99 Å². The van der Waals surface area contributed by atoms with Gasteiger partial charge < -0.3 is 15.2 Å². The summed E-state index contributed by atoms with van der Waals surface area (Å²) in [5.41, 5.74) is 2.01. The molecule has 0 saturated carbocycles. The third-order valence-electron chi connectivity index (χ3n) is 8.13. The second kappa shape index (κ2) is 11.2. The van der Waals surface area contributed by atoms with Crippen LogP contribution in [0.2, 0.25) is 0 Å². The molecule has 11 heteroatoms. The predicted molar refractivity (Wildman–Crippen MR) is 167 cm³/mol. The summed E-state index contributed by atoms with van der Waals surface area (Å²) < 4.78 is 81.9. The second-order valence-electron chi connectivity index (χ2n) is 13.1. The molecule has 1 aliphatic carbocycles. The Hall–Kier alpha value is -4.38. The van der Waals surface area contributed by atoms with Gasteiger partial charge in [-0.3, -0.25) is 4.99 Å². The zero-order valence-corrected chi connectivity index (χ0v) is 25.7. The molecule has 0 bridgehead atoms. The number of halogens is 6. The first-order valence-electron chi connectivity index (χ1n) is 14.9. The van der Waals surface area contributed by atoms with Gasteiger partial charge in [-0.15, -0.1) is 0 Å². The number of fused-ring (bicyclic) bond motifs is 2. The minimum atomic E-state index is -4.48. The van der Waals surface area contributed by atoms with E-state index in [4.69, 9.17) is 9.98 Å². The summed E-state index contributed by atoms with van der Waals surface area (Å²) in [6, 6.07) is 20.6. The molecule has 46 heavy (non-hydrogen) atoms. The van der Waals surface area contributed by atoms with Gasteiger partial charge in [0, 0.05) is 22.5 Å². The van der Waals surface area contributed by atoms with E-state index in [1.807, 2.05) is 34.9 Å². The summed E-state index contributed by atoms with van der Waals surface area (Å²) in [5.74, 6) is 0. The summed E-state index contributed by atoms with van der Waals surface area (Å²) in [5, 5.41) is 7.47. The van der Waals surface area contributed by atoms with Crippen LogP contribution in [0.5, 0.6) is 0 Å². The lowest BCUT2D eigenvalue weighted by molar-refractivity contribution is -0.138. The van der Waals surface area contributed by atoms with Crippen molar-refractivity contribution < 1.29 is 26.3 Å². The number of aromatic nitrogens is 2. The van der Waals surface area contributed by atoms with Crippen molar-refractivity contribution in [1.29, 1.82) is 0 Å². The van der Waals surface area contributed by atoms with Crippen molar-refractivity contribution in [3.8, 4) is 17.1 Å². The Balaban J connectivity index is 1.57. The molecule has 3 aromatic rings. The molecule has 0 unspecified atom stereocenters. The fraction of sp³-hybridized carbons (Fsp3) is 0.314. The van der Waals surface area contributed by atoms with E-state index in [0.29, 0.717) is 44.8 Å². The topological polar surface area (TPSA) is 54.2 Å². The number of alkyl halides is 6. The van der Waals surface area contributed by atoms with Crippen LogP contribution in [0.15, 0.2) is 89.9 Å².